The zero-order valence-corrected chi connectivity index (χ0v) is 14.5. The second-order valence-corrected chi connectivity index (χ2v) is 6.60. The van der Waals surface area contributed by atoms with Crippen LogP contribution >= 0.6 is 0 Å². The molecule has 1 aromatic heterocycles. The maximum atomic E-state index is 11.7. The Morgan fingerprint density at radius 2 is 2.00 bits per heavy atom. The summed E-state index contributed by atoms with van der Waals surface area (Å²) in [5, 5.41) is 5.87. The highest BCUT2D eigenvalue weighted by atomic mass is 16.7. The average Bonchev–Trinajstić information content (AvgIpc) is 3.00. The van der Waals surface area contributed by atoms with Crippen LogP contribution < -0.4 is 20.1 Å². The van der Waals surface area contributed by atoms with E-state index in [1.165, 1.54) is 0 Å². The third kappa shape index (κ3) is 4.76. The van der Waals surface area contributed by atoms with Crippen molar-refractivity contribution in [3.63, 3.8) is 0 Å². The van der Waals surface area contributed by atoms with E-state index in [2.05, 4.69) is 15.6 Å². The number of hydrogen-bond acceptors (Lipinski definition) is 6. The first-order valence-corrected chi connectivity index (χ1v) is 7.97. The van der Waals surface area contributed by atoms with Gasteiger partial charge in [-0.15, -0.1) is 0 Å². The van der Waals surface area contributed by atoms with Crippen molar-refractivity contribution < 1.29 is 19.0 Å². The normalized spacial score (nSPS) is 12.6. The first-order valence-electron chi connectivity index (χ1n) is 7.97. The molecule has 0 bridgehead atoms. The molecule has 1 amide bonds. The minimum atomic E-state index is -0.545. The molecule has 2 heterocycles. The van der Waals surface area contributed by atoms with Crippen molar-refractivity contribution in [2.24, 2.45) is 0 Å². The van der Waals surface area contributed by atoms with Crippen molar-refractivity contribution in [3.05, 3.63) is 42.1 Å². The van der Waals surface area contributed by atoms with Crippen LogP contribution in [0.4, 0.5) is 16.3 Å². The molecule has 0 fully saturated rings. The average molecular weight is 343 g/mol. The van der Waals surface area contributed by atoms with Crippen LogP contribution in [0.5, 0.6) is 11.5 Å². The molecule has 0 spiro atoms. The van der Waals surface area contributed by atoms with Gasteiger partial charge in [0.05, 0.1) is 11.9 Å². The number of anilines is 2. The highest BCUT2D eigenvalue weighted by Gasteiger charge is 2.16. The van der Waals surface area contributed by atoms with Gasteiger partial charge in [-0.2, -0.15) is 0 Å². The highest BCUT2D eigenvalue weighted by molar-refractivity contribution is 5.83. The van der Waals surface area contributed by atoms with Crippen LogP contribution in [0, 0.1) is 0 Å². The van der Waals surface area contributed by atoms with Crippen LogP contribution in [-0.4, -0.2) is 23.5 Å². The molecule has 7 nitrogen and oxygen atoms in total. The number of carbonyl (C=O) groups excluding carboxylic acids is 1. The molecule has 2 aromatic rings. The number of amides is 1. The van der Waals surface area contributed by atoms with Crippen LogP contribution in [0.3, 0.4) is 0 Å². The van der Waals surface area contributed by atoms with E-state index in [0.29, 0.717) is 12.4 Å². The van der Waals surface area contributed by atoms with Crippen LogP contribution in [-0.2, 0) is 11.3 Å². The van der Waals surface area contributed by atoms with Crippen molar-refractivity contribution >= 4 is 17.6 Å². The molecule has 25 heavy (non-hydrogen) atoms. The number of hydrogen-bond donors (Lipinski definition) is 2. The maximum absolute atomic E-state index is 11.7. The zero-order valence-electron chi connectivity index (χ0n) is 14.5. The predicted molar refractivity (Wildman–Crippen MR) is 94.0 cm³/mol. The lowest BCUT2D eigenvalue weighted by Crippen LogP contribution is -2.27. The summed E-state index contributed by atoms with van der Waals surface area (Å²) >= 11 is 0. The fourth-order valence-corrected chi connectivity index (χ4v) is 2.24. The second kappa shape index (κ2) is 6.88. The van der Waals surface area contributed by atoms with Crippen molar-refractivity contribution in [1.82, 2.24) is 4.98 Å². The molecule has 1 aromatic carbocycles. The van der Waals surface area contributed by atoms with E-state index in [1.807, 2.05) is 45.0 Å². The Kier molecular flexibility index (Phi) is 4.65. The van der Waals surface area contributed by atoms with Crippen molar-refractivity contribution in [1.29, 1.82) is 0 Å². The summed E-state index contributed by atoms with van der Waals surface area (Å²) in [5.41, 5.74) is 1.36. The molecule has 0 unspecified atom stereocenters. The molecular weight excluding hydrogens is 322 g/mol. The summed E-state index contributed by atoms with van der Waals surface area (Å²) in [6.07, 6.45) is 1.13. The molecule has 0 saturated heterocycles. The predicted octanol–water partition coefficient (Wildman–Crippen LogP) is 3.77. The monoisotopic (exact) mass is 343 g/mol. The molecule has 1 aliphatic rings. The van der Waals surface area contributed by atoms with Gasteiger partial charge in [-0.05, 0) is 50.6 Å². The van der Waals surface area contributed by atoms with Crippen LogP contribution in [0.15, 0.2) is 36.5 Å². The topological polar surface area (TPSA) is 81.7 Å². The fourth-order valence-electron chi connectivity index (χ4n) is 2.24. The van der Waals surface area contributed by atoms with Crippen molar-refractivity contribution in [2.45, 2.75) is 32.9 Å². The van der Waals surface area contributed by atoms with E-state index in [-0.39, 0.29) is 6.79 Å². The van der Waals surface area contributed by atoms with Gasteiger partial charge < -0.3 is 19.5 Å². The first kappa shape index (κ1) is 16.9. The molecule has 0 atom stereocenters. The summed E-state index contributed by atoms with van der Waals surface area (Å²) < 4.78 is 15.8. The van der Waals surface area contributed by atoms with Gasteiger partial charge in [-0.3, -0.25) is 5.32 Å². The Bertz CT molecular complexity index is 754. The third-order valence-corrected chi connectivity index (χ3v) is 3.33. The van der Waals surface area contributed by atoms with Gasteiger partial charge >= 0.3 is 6.09 Å². The number of fused-ring (bicyclic) bond motifs is 1. The van der Waals surface area contributed by atoms with Gasteiger partial charge in [0.15, 0.2) is 11.5 Å². The van der Waals surface area contributed by atoms with E-state index in [4.69, 9.17) is 14.2 Å². The Morgan fingerprint density at radius 1 is 1.20 bits per heavy atom. The quantitative estimate of drug-likeness (QED) is 0.879. The summed E-state index contributed by atoms with van der Waals surface area (Å²) in [6.45, 7) is 6.31. The fraction of sp³-hybridized carbons (Fsp3) is 0.333. The van der Waals surface area contributed by atoms with Crippen molar-refractivity contribution in [3.8, 4) is 11.5 Å². The van der Waals surface area contributed by atoms with Crippen molar-refractivity contribution in [2.75, 3.05) is 17.4 Å². The molecule has 2 N–H and O–H groups in total. The van der Waals surface area contributed by atoms with Gasteiger partial charge in [0.25, 0.3) is 0 Å². The third-order valence-electron chi connectivity index (χ3n) is 3.33. The molecule has 0 saturated carbocycles. The SMILES string of the molecule is CC(C)(C)OC(=O)Nc1ccc(NCc2ccc3c(c2)OCO3)cn1. The standard InChI is InChI=1S/C18H21N3O4/c1-18(2,3)25-17(22)21-16-7-5-13(10-20-16)19-9-12-4-6-14-15(8-12)24-11-23-14/h4-8,10,19H,9,11H2,1-3H3,(H,20,21,22). The largest absolute Gasteiger partial charge is 0.454 e. The van der Waals surface area contributed by atoms with Gasteiger partial charge in [0.2, 0.25) is 6.79 Å². The van der Waals surface area contributed by atoms with Crippen LogP contribution in [0.25, 0.3) is 0 Å². The number of aromatic nitrogens is 1. The van der Waals surface area contributed by atoms with Crippen LogP contribution in [0.1, 0.15) is 26.3 Å². The summed E-state index contributed by atoms with van der Waals surface area (Å²) in [7, 11) is 0. The van der Waals surface area contributed by atoms with Gasteiger partial charge in [-0.1, -0.05) is 6.07 Å². The molecule has 132 valence electrons. The van der Waals surface area contributed by atoms with E-state index >= 15 is 0 Å². The van der Waals surface area contributed by atoms with E-state index < -0.39 is 11.7 Å². The molecular formula is C18H21N3O4. The number of nitrogens with zero attached hydrogens (tertiary/aromatic N) is 1. The summed E-state index contributed by atoms with van der Waals surface area (Å²) in [5.74, 6) is 1.96. The van der Waals surface area contributed by atoms with Gasteiger partial charge in [-0.25, -0.2) is 9.78 Å². The lowest BCUT2D eigenvalue weighted by atomic mass is 10.2. The molecule has 0 aliphatic carbocycles. The van der Waals surface area contributed by atoms with Crippen LogP contribution in [0.2, 0.25) is 0 Å². The lowest BCUT2D eigenvalue weighted by molar-refractivity contribution is 0.0635. The first-order chi connectivity index (χ1) is 11.9. The maximum Gasteiger partial charge on any atom is 0.413 e. The molecule has 0 radical (unpaired) electrons. The molecule has 3 rings (SSSR count). The van der Waals surface area contributed by atoms with Gasteiger partial charge in [0.1, 0.15) is 11.4 Å². The Hall–Kier alpha value is -2.96. The Morgan fingerprint density at radius 3 is 2.72 bits per heavy atom. The lowest BCUT2D eigenvalue weighted by Gasteiger charge is -2.19. The Balaban J connectivity index is 1.53. The smallest absolute Gasteiger partial charge is 0.413 e. The Labute approximate surface area is 146 Å². The van der Waals surface area contributed by atoms with E-state index in [1.54, 1.807) is 12.3 Å². The van der Waals surface area contributed by atoms with E-state index in [0.717, 1.165) is 22.7 Å². The molecule has 7 heteroatoms. The molecule has 1 aliphatic heterocycles. The number of nitrogens with one attached hydrogen (secondary N) is 2. The summed E-state index contributed by atoms with van der Waals surface area (Å²) in [6, 6.07) is 9.37. The minimum Gasteiger partial charge on any atom is -0.454 e. The number of pyridine rings is 1. The number of rotatable bonds is 4. The number of benzene rings is 1. The zero-order chi connectivity index (χ0) is 17.9. The highest BCUT2D eigenvalue weighted by Crippen LogP contribution is 2.32. The number of carbonyl (C=O) groups is 1. The van der Waals surface area contributed by atoms with Gasteiger partial charge in [0, 0.05) is 6.54 Å². The second-order valence-electron chi connectivity index (χ2n) is 6.60. The minimum absolute atomic E-state index is 0.266. The number of ether oxygens (including phenoxy) is 3. The summed E-state index contributed by atoms with van der Waals surface area (Å²) in [4.78, 5) is 15.9. The van der Waals surface area contributed by atoms with E-state index in [9.17, 15) is 4.79 Å².